The third-order valence-corrected chi connectivity index (χ3v) is 18.7. The van der Waals surface area contributed by atoms with Gasteiger partial charge in [-0.25, -0.2) is 0 Å². The average Bonchev–Trinajstić information content (AvgIpc) is 3.61. The third-order valence-electron chi connectivity index (χ3n) is 14.3. The Morgan fingerprint density at radius 2 is 0.391 bits per heavy atom. The Morgan fingerprint density at radius 3 is 0.623 bits per heavy atom. The Morgan fingerprint density at radius 1 is 0.188 bits per heavy atom. The van der Waals surface area contributed by atoms with Gasteiger partial charge < -0.3 is 18.3 Å². The zero-order valence-electron chi connectivity index (χ0n) is 37.7. The van der Waals surface area contributed by atoms with Crippen LogP contribution in [-0.4, -0.2) is 8.72 Å². The Bertz CT molecular complexity index is 3420. The minimum Gasteiger partial charge on any atom is -0.315 e. The Labute approximate surface area is 402 Å². The highest BCUT2D eigenvalue weighted by Crippen LogP contribution is 2.62. The van der Waals surface area contributed by atoms with E-state index in [1.54, 1.807) is 0 Å². The van der Waals surface area contributed by atoms with Crippen molar-refractivity contribution in [2.75, 3.05) is 18.3 Å². The molecule has 2 aliphatic heterocycles. The van der Waals surface area contributed by atoms with E-state index >= 15 is 0 Å². The lowest BCUT2D eigenvalue weighted by atomic mass is 9.90. The summed E-state index contributed by atoms with van der Waals surface area (Å²) in [6.07, 6.45) is 0. The smallest absolute Gasteiger partial charge is 0.315 e. The fourth-order valence-electron chi connectivity index (χ4n) is 11.6. The molecule has 0 saturated heterocycles. The second kappa shape index (κ2) is 15.6. The molecule has 0 aliphatic carbocycles. The summed E-state index contributed by atoms with van der Waals surface area (Å²) in [6.45, 7) is 0. The maximum Gasteiger partial charge on any atom is 0.521 e. The van der Waals surface area contributed by atoms with Crippen LogP contribution in [0.5, 0.6) is 0 Å². The van der Waals surface area contributed by atoms with Gasteiger partial charge in [-0.1, -0.05) is 194 Å². The first-order valence-electron chi connectivity index (χ1n) is 23.8. The van der Waals surface area contributed by atoms with Gasteiger partial charge >= 0.3 is 8.72 Å². The molecule has 12 aromatic rings. The first-order valence-corrected chi connectivity index (χ1v) is 25.6. The third kappa shape index (κ3) is 5.75. The van der Waals surface area contributed by atoms with Crippen LogP contribution < -0.4 is 18.3 Å². The number of para-hydroxylation sites is 4. The molecule has 0 fully saturated rings. The van der Waals surface area contributed by atoms with E-state index in [4.69, 9.17) is 0 Å². The van der Waals surface area contributed by atoms with Crippen molar-refractivity contribution >= 4 is 97.3 Å². The molecule has 5 heteroatoms. The predicted molar refractivity (Wildman–Crippen MR) is 294 cm³/mol. The van der Waals surface area contributed by atoms with Crippen LogP contribution in [0.25, 0.3) is 65.3 Å². The van der Waals surface area contributed by atoms with Crippen molar-refractivity contribution in [1.29, 1.82) is 0 Å². The second-order valence-corrected chi connectivity index (χ2v) is 21.0. The number of hydrogen-bond donors (Lipinski definition) is 0. The van der Waals surface area contributed by atoms with Crippen molar-refractivity contribution in [1.82, 2.24) is 0 Å². The molecule has 2 aliphatic rings. The molecule has 0 saturated carbocycles. The summed E-state index contributed by atoms with van der Waals surface area (Å²) in [5, 5.41) is 9.60. The van der Waals surface area contributed by atoms with Gasteiger partial charge in [0, 0.05) is 67.8 Å². The highest BCUT2D eigenvalue weighted by atomic mass is 28.4. The minimum absolute atomic E-state index is 1.09. The zero-order chi connectivity index (χ0) is 45.5. The van der Waals surface area contributed by atoms with Crippen LogP contribution in [-0.2, 0) is 0 Å². The first-order chi connectivity index (χ1) is 34.3. The van der Waals surface area contributed by atoms with Gasteiger partial charge in [-0.2, -0.15) is 0 Å². The molecule has 69 heavy (non-hydrogen) atoms. The Hall–Kier alpha value is -8.90. The van der Waals surface area contributed by atoms with E-state index in [2.05, 4.69) is 285 Å². The molecule has 0 amide bonds. The topological polar surface area (TPSA) is 13.0 Å². The predicted octanol–water partition coefficient (Wildman–Crippen LogP) is 17.3. The summed E-state index contributed by atoms with van der Waals surface area (Å²) in [6, 6.07) is 99.7. The molecule has 2 heterocycles. The molecular formula is C64H44N4Si. The summed E-state index contributed by atoms with van der Waals surface area (Å²) in [5.41, 5.74) is 13.7. The van der Waals surface area contributed by atoms with Crippen molar-refractivity contribution in [3.63, 3.8) is 0 Å². The lowest BCUT2D eigenvalue weighted by Crippen LogP contribution is -2.80. The molecule has 1 spiro atoms. The van der Waals surface area contributed by atoms with Crippen LogP contribution in [0.15, 0.2) is 267 Å². The first kappa shape index (κ1) is 39.3. The number of benzene rings is 12. The van der Waals surface area contributed by atoms with E-state index < -0.39 is 8.72 Å². The Kier molecular flexibility index (Phi) is 8.88. The normalized spacial score (nSPS) is 13.8. The van der Waals surface area contributed by atoms with Gasteiger partial charge in [-0.15, -0.1) is 0 Å². The van der Waals surface area contributed by atoms with Crippen LogP contribution in [0.2, 0.25) is 0 Å². The van der Waals surface area contributed by atoms with Crippen molar-refractivity contribution in [3.05, 3.63) is 267 Å². The second-order valence-electron chi connectivity index (χ2n) is 18.0. The summed E-state index contributed by atoms with van der Waals surface area (Å²) in [7, 11) is -4.17. The maximum atomic E-state index is 2.79. The maximum absolute atomic E-state index is 4.17. The largest absolute Gasteiger partial charge is 0.521 e. The van der Waals surface area contributed by atoms with Crippen molar-refractivity contribution in [3.8, 4) is 22.3 Å². The van der Waals surface area contributed by atoms with Gasteiger partial charge in [0.1, 0.15) is 0 Å². The Balaban J connectivity index is 1.33. The summed E-state index contributed by atoms with van der Waals surface area (Å²) >= 11 is 0. The molecule has 0 unspecified atom stereocenters. The van der Waals surface area contributed by atoms with E-state index in [0.717, 1.165) is 45.5 Å². The fourth-order valence-corrected chi connectivity index (χ4v) is 16.9. The number of rotatable bonds is 4. The van der Waals surface area contributed by atoms with Crippen LogP contribution in [0, 0.1) is 0 Å². The van der Waals surface area contributed by atoms with E-state index in [1.165, 1.54) is 65.3 Å². The van der Waals surface area contributed by atoms with Gasteiger partial charge in [0.2, 0.25) is 0 Å². The van der Waals surface area contributed by atoms with Crippen molar-refractivity contribution < 1.29 is 0 Å². The molecule has 14 rings (SSSR count). The van der Waals surface area contributed by atoms with E-state index in [1.807, 2.05) is 0 Å². The van der Waals surface area contributed by atoms with Crippen molar-refractivity contribution in [2.45, 2.75) is 0 Å². The van der Waals surface area contributed by atoms with E-state index in [9.17, 15) is 0 Å². The lowest BCUT2D eigenvalue weighted by molar-refractivity contribution is 1.10. The molecule has 4 nitrogen and oxygen atoms in total. The number of nitrogens with zero attached hydrogens (tertiary/aromatic N) is 4. The highest BCUT2D eigenvalue weighted by Gasteiger charge is 2.65. The molecule has 0 radical (unpaired) electrons. The number of anilines is 8. The summed E-state index contributed by atoms with van der Waals surface area (Å²) < 4.78 is 11.2. The SMILES string of the molecule is c1ccc(N2c3ccc4ccccc4c3-c3c(ccc4ccccc34)N(c3ccccc3)[Si]23N(c2ccccc2)c2ccc4ccccc4c2-c2c(ccc4ccccc24)N3c2ccccc2)cc1. The van der Waals surface area contributed by atoms with Gasteiger partial charge in [0.25, 0.3) is 0 Å². The van der Waals surface area contributed by atoms with Crippen molar-refractivity contribution in [2.24, 2.45) is 0 Å². The number of hydrogen-bond acceptors (Lipinski definition) is 4. The molecule has 324 valence electrons. The van der Waals surface area contributed by atoms with Gasteiger partial charge in [-0.05, 0) is 116 Å². The molecule has 0 atom stereocenters. The molecular weight excluding hydrogens is 853 g/mol. The lowest BCUT2D eigenvalue weighted by Gasteiger charge is -2.58. The molecule has 0 aromatic heterocycles. The van der Waals surface area contributed by atoms with Crippen LogP contribution in [0.1, 0.15) is 0 Å². The number of fused-ring (bicyclic) bond motifs is 14. The van der Waals surface area contributed by atoms with Gasteiger partial charge in [-0.3, -0.25) is 0 Å². The van der Waals surface area contributed by atoms with Crippen LogP contribution in [0.3, 0.4) is 0 Å². The van der Waals surface area contributed by atoms with Gasteiger partial charge in [0.05, 0.1) is 0 Å². The van der Waals surface area contributed by atoms with Crippen LogP contribution in [0.4, 0.5) is 45.5 Å². The fraction of sp³-hybridized carbons (Fsp3) is 0. The highest BCUT2D eigenvalue weighted by molar-refractivity contribution is 6.97. The van der Waals surface area contributed by atoms with E-state index in [-0.39, 0.29) is 0 Å². The standard InChI is InChI=1S/C64H44N4Si/c1-5-25-49(26-6-1)65-57-41-37-45-21-13-17-33-53(45)61(57)62-54-34-18-14-22-46(54)38-42-58(62)66(50-27-7-2-8-28-50)69(65)67(51-29-9-3-10-30-51)59-43-39-47-23-15-19-35-55(47)63(59)64-56-36-20-16-24-48(56)40-44-60(64)68(69)52-31-11-4-12-32-52/h1-44H. The summed E-state index contributed by atoms with van der Waals surface area (Å²) in [4.78, 5) is 0. The molecule has 0 bridgehead atoms. The molecule has 12 aromatic carbocycles. The van der Waals surface area contributed by atoms with Gasteiger partial charge in [0.15, 0.2) is 0 Å². The summed E-state index contributed by atoms with van der Waals surface area (Å²) in [5.74, 6) is 0. The van der Waals surface area contributed by atoms with Crippen LogP contribution >= 0.6 is 0 Å². The average molecular weight is 897 g/mol. The zero-order valence-corrected chi connectivity index (χ0v) is 38.7. The quantitative estimate of drug-likeness (QED) is 0.163. The minimum atomic E-state index is -4.17. The van der Waals surface area contributed by atoms with E-state index in [0.29, 0.717) is 0 Å². The monoisotopic (exact) mass is 896 g/mol. The molecule has 0 N–H and O–H groups in total.